The average Bonchev–Trinajstić information content (AvgIpc) is 2.07. The van der Waals surface area contributed by atoms with Crippen LogP contribution in [0, 0.1) is 6.92 Å². The maximum atomic E-state index is 5.04. The van der Waals surface area contributed by atoms with Crippen LogP contribution in [0.5, 0.6) is 5.75 Å². The number of halogens is 2. The van der Waals surface area contributed by atoms with E-state index in [1.807, 2.05) is 31.2 Å². The summed E-state index contributed by atoms with van der Waals surface area (Å²) >= 11 is 6.25. The van der Waals surface area contributed by atoms with Crippen LogP contribution in [0.15, 0.2) is 24.3 Å². The summed E-state index contributed by atoms with van der Waals surface area (Å²) in [5.74, 6) is 0.956. The zero-order valence-electron chi connectivity index (χ0n) is 7.18. The second-order valence-corrected chi connectivity index (χ2v) is 16.1. The van der Waals surface area contributed by atoms with Crippen LogP contribution in [0.4, 0.5) is 0 Å². The van der Waals surface area contributed by atoms with Crippen molar-refractivity contribution in [3.8, 4) is 5.75 Å². The first kappa shape index (κ1) is 12.6. The van der Waals surface area contributed by atoms with Gasteiger partial charge in [0.1, 0.15) is 5.75 Å². The Balaban J connectivity index is 0.000000354. The summed E-state index contributed by atoms with van der Waals surface area (Å²) in [6.45, 7) is 2.03. The molecular weight excluding hydrogens is 337 g/mol. The molecule has 0 aliphatic heterocycles. The van der Waals surface area contributed by atoms with Gasteiger partial charge in [0.15, 0.2) is 0 Å². The molecule has 0 saturated carbocycles. The maximum absolute atomic E-state index is 5.04. The average molecular weight is 347 g/mol. The third-order valence-electron chi connectivity index (χ3n) is 1.31. The van der Waals surface area contributed by atoms with E-state index in [9.17, 15) is 0 Å². The van der Waals surface area contributed by atoms with Crippen molar-refractivity contribution in [3.63, 3.8) is 0 Å². The van der Waals surface area contributed by atoms with Gasteiger partial charge in [0.05, 0.1) is 7.11 Å². The summed E-state index contributed by atoms with van der Waals surface area (Å²) < 4.78 is 5.04. The van der Waals surface area contributed by atoms with E-state index in [0.717, 1.165) is 5.75 Å². The first-order valence-electron chi connectivity index (χ1n) is 3.47. The van der Waals surface area contributed by atoms with Crippen LogP contribution in [0.1, 0.15) is 5.56 Å². The summed E-state index contributed by atoms with van der Waals surface area (Å²) in [6.07, 6.45) is 0. The number of ether oxygens (including phenoxy) is 1. The number of hydrogen-bond donors (Lipinski definition) is 0. The fraction of sp³-hybridized carbons (Fsp3) is 0.250. The Bertz CT molecular complexity index is 218. The van der Waals surface area contributed by atoms with Gasteiger partial charge < -0.3 is 4.74 Å². The van der Waals surface area contributed by atoms with Gasteiger partial charge in [0, 0.05) is 0 Å². The van der Waals surface area contributed by atoms with E-state index in [1.54, 1.807) is 7.11 Å². The molecule has 0 N–H and O–H groups in total. The van der Waals surface area contributed by atoms with Crippen LogP contribution in [0.25, 0.3) is 0 Å². The summed E-state index contributed by atoms with van der Waals surface area (Å²) in [6, 6.07) is 7.94. The van der Waals surface area contributed by atoms with Gasteiger partial charge in [-0.2, -0.15) is 0 Å². The molecule has 0 bridgehead atoms. The number of aryl methyl sites for hydroxylation is 1. The normalized spacial score (nSPS) is 7.67. The van der Waals surface area contributed by atoms with Gasteiger partial charge in [-0.1, -0.05) is 18.2 Å². The van der Waals surface area contributed by atoms with Crippen molar-refractivity contribution in [1.82, 2.24) is 0 Å². The van der Waals surface area contributed by atoms with Crippen molar-refractivity contribution in [2.45, 2.75) is 6.92 Å². The number of rotatable bonds is 1. The molecule has 64 valence electrons. The summed E-state index contributed by atoms with van der Waals surface area (Å²) in [7, 11) is 1.68. The van der Waals surface area contributed by atoms with Gasteiger partial charge in [-0.15, -0.1) is 0 Å². The van der Waals surface area contributed by atoms with E-state index in [2.05, 4.69) is 27.2 Å². The Labute approximate surface area is 94.2 Å². The van der Waals surface area contributed by atoms with Gasteiger partial charge in [-0.3, -0.25) is 0 Å². The molecule has 1 aromatic rings. The molecule has 0 unspecified atom stereocenters. The Morgan fingerprint density at radius 3 is 2.08 bits per heavy atom. The van der Waals surface area contributed by atoms with Crippen LogP contribution in [0.3, 0.4) is 0 Å². The summed E-state index contributed by atoms with van der Waals surface area (Å²) in [5.41, 5.74) is 1.18. The Hall–Kier alpha value is 0.603. The molecule has 1 rings (SSSR count). The summed E-state index contributed by atoms with van der Waals surface area (Å²) in [4.78, 5) is 0. The molecule has 1 nitrogen and oxygen atoms in total. The Morgan fingerprint density at radius 2 is 1.75 bits per heavy atom. The fourth-order valence-electron chi connectivity index (χ4n) is 0.785. The predicted molar refractivity (Wildman–Crippen MR) is 55.6 cm³/mol. The second-order valence-electron chi connectivity index (χ2n) is 2.07. The first-order valence-corrected chi connectivity index (χ1v) is 17.4. The van der Waals surface area contributed by atoms with Crippen LogP contribution < -0.4 is 4.74 Å². The standard InChI is InChI=1S/C8H10O.2BrH.Zn/c1-7-5-3-4-6-8(7)9-2;;;/h3-6H,1-2H3;2*1H;/q;;;+2/p-2. The molecule has 0 atom stereocenters. The number of hydrogen-bond acceptors (Lipinski definition) is 1. The molecule has 0 aliphatic carbocycles. The molecular formula is C8H10Br2OZn. The topological polar surface area (TPSA) is 9.23 Å². The van der Waals surface area contributed by atoms with Gasteiger partial charge >= 0.3 is 40.5 Å². The van der Waals surface area contributed by atoms with Crippen molar-refractivity contribution < 1.29 is 17.9 Å². The van der Waals surface area contributed by atoms with Crippen molar-refractivity contribution in [2.75, 3.05) is 7.11 Å². The van der Waals surface area contributed by atoms with Crippen LogP contribution in [-0.2, 0) is 13.2 Å². The molecule has 1 aromatic carbocycles. The van der Waals surface area contributed by atoms with E-state index < -0.39 is 0 Å². The van der Waals surface area contributed by atoms with Crippen molar-refractivity contribution >= 4 is 27.2 Å². The minimum atomic E-state index is -0.250. The van der Waals surface area contributed by atoms with Crippen molar-refractivity contribution in [3.05, 3.63) is 29.8 Å². The molecule has 0 aliphatic rings. The molecule has 0 radical (unpaired) electrons. The monoisotopic (exact) mass is 344 g/mol. The van der Waals surface area contributed by atoms with Gasteiger partial charge in [-0.05, 0) is 18.6 Å². The van der Waals surface area contributed by atoms with Crippen LogP contribution in [0.2, 0.25) is 0 Å². The van der Waals surface area contributed by atoms with E-state index in [0.29, 0.717) is 0 Å². The SMILES string of the molecule is COc1ccccc1C.[Br][Zn][Br]. The molecule has 0 spiro atoms. The van der Waals surface area contributed by atoms with E-state index in [4.69, 9.17) is 4.74 Å². The van der Waals surface area contributed by atoms with E-state index in [1.165, 1.54) is 5.56 Å². The van der Waals surface area contributed by atoms with Crippen LogP contribution in [-0.4, -0.2) is 7.11 Å². The van der Waals surface area contributed by atoms with Crippen molar-refractivity contribution in [2.24, 2.45) is 0 Å². The van der Waals surface area contributed by atoms with Gasteiger partial charge in [-0.25, -0.2) is 0 Å². The minimum absolute atomic E-state index is 0.250. The number of para-hydroxylation sites is 1. The Kier molecular flexibility index (Phi) is 8.63. The third kappa shape index (κ3) is 5.28. The zero-order chi connectivity index (χ0) is 9.40. The quantitative estimate of drug-likeness (QED) is 0.704. The summed E-state index contributed by atoms with van der Waals surface area (Å²) in [5, 5.41) is 0. The predicted octanol–water partition coefficient (Wildman–Crippen LogP) is 3.69. The third-order valence-corrected chi connectivity index (χ3v) is 1.31. The van der Waals surface area contributed by atoms with Gasteiger partial charge in [0.2, 0.25) is 0 Å². The molecule has 0 saturated heterocycles. The first-order chi connectivity index (χ1) is 5.76. The van der Waals surface area contributed by atoms with Crippen LogP contribution >= 0.6 is 27.2 Å². The van der Waals surface area contributed by atoms with Crippen molar-refractivity contribution in [1.29, 1.82) is 0 Å². The molecule has 0 amide bonds. The Morgan fingerprint density at radius 1 is 1.25 bits per heavy atom. The molecule has 0 fully saturated rings. The van der Waals surface area contributed by atoms with E-state index >= 15 is 0 Å². The number of benzene rings is 1. The van der Waals surface area contributed by atoms with E-state index in [-0.39, 0.29) is 13.2 Å². The fourth-order valence-corrected chi connectivity index (χ4v) is 0.785. The molecule has 12 heavy (non-hydrogen) atoms. The molecule has 4 heteroatoms. The molecule has 0 aromatic heterocycles. The number of methoxy groups -OCH3 is 1. The second kappa shape index (κ2) is 8.21. The molecule has 0 heterocycles. The zero-order valence-corrected chi connectivity index (χ0v) is 13.3. The van der Waals surface area contributed by atoms with Gasteiger partial charge in [0.25, 0.3) is 0 Å².